The molecule has 0 aliphatic heterocycles. The molecular formula is C18H32N2O4. The average molecular weight is 340 g/mol. The van der Waals surface area contributed by atoms with Crippen LogP contribution in [-0.4, -0.2) is 42.8 Å². The lowest BCUT2D eigenvalue weighted by atomic mass is 9.74. The molecule has 0 aromatic heterocycles. The van der Waals surface area contributed by atoms with Crippen LogP contribution in [0, 0.1) is 17.3 Å². The topological polar surface area (TPSA) is 102 Å². The van der Waals surface area contributed by atoms with Crippen molar-refractivity contribution in [3.05, 3.63) is 12.2 Å². The summed E-state index contributed by atoms with van der Waals surface area (Å²) in [6, 6.07) is -1.35. The Hall–Kier alpha value is -1.40. The van der Waals surface area contributed by atoms with Gasteiger partial charge in [0.1, 0.15) is 0 Å². The number of carboxylic acids is 1. The highest BCUT2D eigenvalue weighted by Gasteiger charge is 2.34. The number of nitrogens with two attached hydrogens (primary N) is 1. The number of nitrogens with one attached hydrogen (secondary N) is 1. The number of amides is 1. The molecule has 0 aromatic rings. The van der Waals surface area contributed by atoms with Gasteiger partial charge in [0.2, 0.25) is 5.91 Å². The first-order valence-electron chi connectivity index (χ1n) is 8.60. The molecule has 1 rings (SSSR count). The molecule has 1 fully saturated rings. The standard InChI is InChI=1S/C18H32N2O4/c1-18(2,3)14-7-5-6-12(14)8-9-13(11-24-4)20-17(23)15(19)10-16(21)22/h8-9,12-15H,5-7,10-11,19H2,1-4H3,(H,20,23)(H,21,22)/t12?,13?,14?,15-/m0/s1. The Kier molecular flexibility index (Phi) is 7.90. The van der Waals surface area contributed by atoms with Crippen molar-refractivity contribution in [2.24, 2.45) is 23.0 Å². The molecule has 0 heterocycles. The summed E-state index contributed by atoms with van der Waals surface area (Å²) in [5, 5.41) is 11.5. The first kappa shape index (κ1) is 20.6. The van der Waals surface area contributed by atoms with Crippen LogP contribution in [0.4, 0.5) is 0 Å². The number of carboxylic acid groups (broad SMARTS) is 1. The predicted octanol–water partition coefficient (Wildman–Crippen LogP) is 1.94. The van der Waals surface area contributed by atoms with Gasteiger partial charge in [-0.1, -0.05) is 39.3 Å². The summed E-state index contributed by atoms with van der Waals surface area (Å²) in [5.41, 5.74) is 5.86. The van der Waals surface area contributed by atoms with Crippen LogP contribution < -0.4 is 11.1 Å². The van der Waals surface area contributed by atoms with E-state index in [1.807, 2.05) is 6.08 Å². The van der Waals surface area contributed by atoms with Gasteiger partial charge < -0.3 is 20.9 Å². The Bertz CT molecular complexity index is 456. The zero-order chi connectivity index (χ0) is 18.3. The largest absolute Gasteiger partial charge is 0.481 e. The number of allylic oxidation sites excluding steroid dienone is 1. The van der Waals surface area contributed by atoms with Gasteiger partial charge in [0.25, 0.3) is 0 Å². The number of aliphatic carboxylic acids is 1. The fraction of sp³-hybridized carbons (Fsp3) is 0.778. The number of hydrogen-bond acceptors (Lipinski definition) is 4. The number of hydrogen-bond donors (Lipinski definition) is 3. The van der Waals surface area contributed by atoms with E-state index < -0.39 is 17.9 Å². The number of carbonyl (C=O) groups is 2. The summed E-state index contributed by atoms with van der Waals surface area (Å²) in [4.78, 5) is 22.7. The van der Waals surface area contributed by atoms with Crippen LogP contribution in [0.25, 0.3) is 0 Å². The van der Waals surface area contributed by atoms with E-state index in [1.54, 1.807) is 7.11 Å². The Morgan fingerprint density at radius 1 is 1.38 bits per heavy atom. The molecule has 138 valence electrons. The van der Waals surface area contributed by atoms with Crippen LogP contribution in [0.15, 0.2) is 12.2 Å². The van der Waals surface area contributed by atoms with Crippen LogP contribution in [0.1, 0.15) is 46.5 Å². The highest BCUT2D eigenvalue weighted by molar-refractivity contribution is 5.86. The summed E-state index contributed by atoms with van der Waals surface area (Å²) >= 11 is 0. The minimum Gasteiger partial charge on any atom is -0.481 e. The van der Waals surface area contributed by atoms with Gasteiger partial charge in [-0.2, -0.15) is 0 Å². The van der Waals surface area contributed by atoms with Gasteiger partial charge in [-0.25, -0.2) is 0 Å². The maximum Gasteiger partial charge on any atom is 0.305 e. The fourth-order valence-electron chi connectivity index (χ4n) is 3.47. The maximum absolute atomic E-state index is 12.0. The van der Waals surface area contributed by atoms with Gasteiger partial charge in [0.05, 0.1) is 25.1 Å². The normalized spacial score (nSPS) is 24.0. The molecule has 6 heteroatoms. The zero-order valence-corrected chi connectivity index (χ0v) is 15.2. The van der Waals surface area contributed by atoms with E-state index in [-0.39, 0.29) is 17.9 Å². The lowest BCUT2D eigenvalue weighted by Crippen LogP contribution is -2.47. The van der Waals surface area contributed by atoms with Crippen molar-refractivity contribution in [2.75, 3.05) is 13.7 Å². The van der Waals surface area contributed by atoms with Crippen molar-refractivity contribution in [1.29, 1.82) is 0 Å². The summed E-state index contributed by atoms with van der Waals surface area (Å²) in [6.07, 6.45) is 7.36. The van der Waals surface area contributed by atoms with Gasteiger partial charge >= 0.3 is 5.97 Å². The van der Waals surface area contributed by atoms with E-state index in [4.69, 9.17) is 15.6 Å². The second kappa shape index (κ2) is 9.18. The second-order valence-electron chi connectivity index (χ2n) is 7.73. The number of methoxy groups -OCH3 is 1. The highest BCUT2D eigenvalue weighted by Crippen LogP contribution is 2.43. The molecule has 6 nitrogen and oxygen atoms in total. The maximum atomic E-state index is 12.0. The third-order valence-corrected chi connectivity index (χ3v) is 4.68. The van der Waals surface area contributed by atoms with Crippen LogP contribution in [0.3, 0.4) is 0 Å². The van der Waals surface area contributed by atoms with Gasteiger partial charge in [0.15, 0.2) is 0 Å². The van der Waals surface area contributed by atoms with Gasteiger partial charge in [-0.05, 0) is 30.1 Å². The average Bonchev–Trinajstić information content (AvgIpc) is 2.92. The Morgan fingerprint density at radius 2 is 2.04 bits per heavy atom. The van der Waals surface area contributed by atoms with Gasteiger partial charge in [-0.15, -0.1) is 0 Å². The Balaban J connectivity index is 2.68. The third-order valence-electron chi connectivity index (χ3n) is 4.68. The predicted molar refractivity (Wildman–Crippen MR) is 93.5 cm³/mol. The summed E-state index contributed by atoms with van der Waals surface area (Å²) in [5.74, 6) is -0.436. The zero-order valence-electron chi connectivity index (χ0n) is 15.2. The van der Waals surface area contributed by atoms with Gasteiger partial charge in [0, 0.05) is 7.11 Å². The van der Waals surface area contributed by atoms with E-state index in [2.05, 4.69) is 32.2 Å². The lowest BCUT2D eigenvalue weighted by Gasteiger charge is -2.31. The highest BCUT2D eigenvalue weighted by atomic mass is 16.5. The van der Waals surface area contributed by atoms with Crippen molar-refractivity contribution >= 4 is 11.9 Å². The summed E-state index contributed by atoms with van der Waals surface area (Å²) in [6.45, 7) is 7.13. The minimum atomic E-state index is -1.09. The molecule has 1 aliphatic carbocycles. The quantitative estimate of drug-likeness (QED) is 0.586. The van der Waals surface area contributed by atoms with Crippen molar-refractivity contribution in [3.63, 3.8) is 0 Å². The molecule has 0 aromatic carbocycles. The Labute approximate surface area is 144 Å². The lowest BCUT2D eigenvalue weighted by molar-refractivity contribution is -0.139. The monoisotopic (exact) mass is 340 g/mol. The van der Waals surface area contributed by atoms with E-state index in [0.717, 1.165) is 6.42 Å². The fourth-order valence-corrected chi connectivity index (χ4v) is 3.47. The molecule has 3 unspecified atom stereocenters. The van der Waals surface area contributed by atoms with E-state index in [1.165, 1.54) is 12.8 Å². The molecule has 24 heavy (non-hydrogen) atoms. The Morgan fingerprint density at radius 3 is 2.58 bits per heavy atom. The molecule has 1 amide bonds. The van der Waals surface area contributed by atoms with E-state index in [9.17, 15) is 9.59 Å². The SMILES string of the molecule is COCC(C=CC1CCCC1C(C)(C)C)NC(=O)[C@@H](N)CC(=O)O. The van der Waals surface area contributed by atoms with Crippen molar-refractivity contribution < 1.29 is 19.4 Å². The van der Waals surface area contributed by atoms with Crippen LogP contribution >= 0.6 is 0 Å². The van der Waals surface area contributed by atoms with E-state index in [0.29, 0.717) is 18.4 Å². The van der Waals surface area contributed by atoms with Crippen LogP contribution in [-0.2, 0) is 14.3 Å². The second-order valence-corrected chi connectivity index (χ2v) is 7.73. The molecule has 4 N–H and O–H groups in total. The van der Waals surface area contributed by atoms with E-state index >= 15 is 0 Å². The molecule has 1 saturated carbocycles. The summed E-state index contributed by atoms with van der Waals surface area (Å²) < 4.78 is 5.15. The van der Waals surface area contributed by atoms with Crippen LogP contribution in [0.2, 0.25) is 0 Å². The molecule has 1 aliphatic rings. The molecule has 0 radical (unpaired) electrons. The number of ether oxygens (including phenoxy) is 1. The van der Waals surface area contributed by atoms with Crippen LogP contribution in [0.5, 0.6) is 0 Å². The number of carbonyl (C=O) groups excluding carboxylic acids is 1. The summed E-state index contributed by atoms with van der Waals surface area (Å²) in [7, 11) is 1.57. The van der Waals surface area contributed by atoms with Crippen molar-refractivity contribution in [3.8, 4) is 0 Å². The molecule has 0 bridgehead atoms. The van der Waals surface area contributed by atoms with Crippen molar-refractivity contribution in [2.45, 2.75) is 58.5 Å². The number of rotatable bonds is 8. The van der Waals surface area contributed by atoms with Crippen molar-refractivity contribution in [1.82, 2.24) is 5.32 Å². The molecular weight excluding hydrogens is 308 g/mol. The smallest absolute Gasteiger partial charge is 0.305 e. The first-order chi connectivity index (χ1) is 11.1. The first-order valence-corrected chi connectivity index (χ1v) is 8.60. The minimum absolute atomic E-state index is 0.259. The third kappa shape index (κ3) is 6.61. The molecule has 0 spiro atoms. The van der Waals surface area contributed by atoms with Gasteiger partial charge in [-0.3, -0.25) is 9.59 Å². The molecule has 4 atom stereocenters. The molecule has 0 saturated heterocycles.